The van der Waals surface area contributed by atoms with Crippen LogP contribution < -0.4 is 5.32 Å². The fourth-order valence-corrected chi connectivity index (χ4v) is 3.85. The molecule has 0 aliphatic carbocycles. The van der Waals surface area contributed by atoms with Gasteiger partial charge in [-0.3, -0.25) is 4.79 Å². The van der Waals surface area contributed by atoms with Gasteiger partial charge in [0.25, 0.3) is 0 Å². The van der Waals surface area contributed by atoms with E-state index in [-0.39, 0.29) is 12.3 Å². The Morgan fingerprint density at radius 1 is 1.32 bits per heavy atom. The van der Waals surface area contributed by atoms with Crippen LogP contribution in [0.3, 0.4) is 0 Å². The van der Waals surface area contributed by atoms with Crippen molar-refractivity contribution in [3.05, 3.63) is 59.7 Å². The second-order valence-corrected chi connectivity index (χ2v) is 7.96. The van der Waals surface area contributed by atoms with Crippen molar-refractivity contribution in [2.75, 3.05) is 32.5 Å². The lowest BCUT2D eigenvalue weighted by Gasteiger charge is -2.20. The Bertz CT molecular complexity index is 1170. The van der Waals surface area contributed by atoms with Crippen LogP contribution >= 0.6 is 0 Å². The predicted octanol–water partition coefficient (Wildman–Crippen LogP) is 3.20. The second-order valence-electron chi connectivity index (χ2n) is 7.96. The summed E-state index contributed by atoms with van der Waals surface area (Å²) in [5.74, 6) is 2.61. The Morgan fingerprint density at radius 3 is 2.90 bits per heavy atom. The van der Waals surface area contributed by atoms with Crippen LogP contribution in [0.5, 0.6) is 0 Å². The first-order valence-corrected chi connectivity index (χ1v) is 10.2. The summed E-state index contributed by atoms with van der Waals surface area (Å²) in [5.41, 5.74) is 2.31. The van der Waals surface area contributed by atoms with E-state index in [1.807, 2.05) is 38.4 Å². The van der Waals surface area contributed by atoms with E-state index in [2.05, 4.69) is 26.1 Å². The van der Waals surface area contributed by atoms with Gasteiger partial charge in [0.2, 0.25) is 5.91 Å². The molecule has 2 aromatic carbocycles. The average molecular weight is 417 g/mol. The van der Waals surface area contributed by atoms with Gasteiger partial charge in [0.05, 0.1) is 11.9 Å². The minimum Gasteiger partial charge on any atom is -0.341 e. The largest absolute Gasteiger partial charge is 0.341 e. The van der Waals surface area contributed by atoms with Gasteiger partial charge in [-0.2, -0.15) is 0 Å². The van der Waals surface area contributed by atoms with Gasteiger partial charge >= 0.3 is 0 Å². The first-order valence-electron chi connectivity index (χ1n) is 10.2. The monoisotopic (exact) mass is 417 g/mol. The lowest BCUT2D eigenvalue weighted by atomic mass is 10.1. The minimum absolute atomic E-state index is 0.00281. The molecule has 0 bridgehead atoms. The SMILES string of the molecule is C#Cc1cccc(Nc2ncnc3cc(F)c(CC(=O)N4CC[C@@H](N(C)C)C4)cc23)c1. The zero-order valence-electron chi connectivity index (χ0n) is 17.6. The number of amides is 1. The Morgan fingerprint density at radius 2 is 2.16 bits per heavy atom. The number of benzene rings is 2. The van der Waals surface area contributed by atoms with Crippen LogP contribution in [0.25, 0.3) is 10.9 Å². The second kappa shape index (κ2) is 8.70. The van der Waals surface area contributed by atoms with Crippen LogP contribution in [0.4, 0.5) is 15.9 Å². The molecule has 0 radical (unpaired) electrons. The summed E-state index contributed by atoms with van der Waals surface area (Å²) >= 11 is 0. The molecule has 31 heavy (non-hydrogen) atoms. The third-order valence-corrected chi connectivity index (χ3v) is 5.68. The van der Waals surface area contributed by atoms with Crippen molar-refractivity contribution < 1.29 is 9.18 Å². The molecule has 0 spiro atoms. The number of rotatable bonds is 5. The lowest BCUT2D eigenvalue weighted by Crippen LogP contribution is -2.35. The molecule has 158 valence electrons. The number of carbonyl (C=O) groups is 1. The number of fused-ring (bicyclic) bond motifs is 1. The Hall–Kier alpha value is -3.50. The maximum Gasteiger partial charge on any atom is 0.227 e. The van der Waals surface area contributed by atoms with Crippen molar-refractivity contribution in [1.29, 1.82) is 0 Å². The van der Waals surface area contributed by atoms with Gasteiger partial charge in [-0.15, -0.1) is 6.42 Å². The summed E-state index contributed by atoms with van der Waals surface area (Å²) in [6.45, 7) is 1.36. The maximum absolute atomic E-state index is 14.7. The van der Waals surface area contributed by atoms with Crippen LogP contribution in [0, 0.1) is 18.2 Å². The molecule has 3 aromatic rings. The van der Waals surface area contributed by atoms with Gasteiger partial charge in [0.15, 0.2) is 0 Å². The third kappa shape index (κ3) is 4.49. The fourth-order valence-electron chi connectivity index (χ4n) is 3.85. The Balaban J connectivity index is 1.60. The minimum atomic E-state index is -0.441. The van der Waals surface area contributed by atoms with E-state index in [0.29, 0.717) is 41.4 Å². The van der Waals surface area contributed by atoms with E-state index in [1.54, 1.807) is 11.0 Å². The van der Waals surface area contributed by atoms with Crippen molar-refractivity contribution in [2.24, 2.45) is 0 Å². The van der Waals surface area contributed by atoms with Crippen LogP contribution in [0.15, 0.2) is 42.7 Å². The molecule has 1 aliphatic heterocycles. The molecular formula is C24H24FN5O. The quantitative estimate of drug-likeness (QED) is 0.646. The average Bonchev–Trinajstić information content (AvgIpc) is 3.26. The highest BCUT2D eigenvalue weighted by atomic mass is 19.1. The smallest absolute Gasteiger partial charge is 0.227 e. The molecule has 2 heterocycles. The molecule has 7 heteroatoms. The first-order chi connectivity index (χ1) is 14.9. The normalized spacial score (nSPS) is 16.0. The van der Waals surface area contributed by atoms with Gasteiger partial charge in [-0.25, -0.2) is 14.4 Å². The van der Waals surface area contributed by atoms with Crippen LogP contribution in [-0.4, -0.2) is 58.9 Å². The molecule has 0 saturated carbocycles. The number of terminal acetylenes is 1. The molecule has 1 aromatic heterocycles. The number of halogens is 1. The molecule has 4 rings (SSSR count). The lowest BCUT2D eigenvalue weighted by molar-refractivity contribution is -0.129. The number of hydrogen-bond acceptors (Lipinski definition) is 5. The van der Waals surface area contributed by atoms with Crippen molar-refractivity contribution >= 4 is 28.3 Å². The molecular weight excluding hydrogens is 393 g/mol. The fraction of sp³-hybridized carbons (Fsp3) is 0.292. The summed E-state index contributed by atoms with van der Waals surface area (Å²) in [6.07, 6.45) is 7.79. The molecule has 1 atom stereocenters. The predicted molar refractivity (Wildman–Crippen MR) is 120 cm³/mol. The zero-order valence-corrected chi connectivity index (χ0v) is 17.6. The van der Waals surface area contributed by atoms with Crippen LogP contribution in [0.1, 0.15) is 17.5 Å². The number of hydrogen-bond donors (Lipinski definition) is 1. The summed E-state index contributed by atoms with van der Waals surface area (Å²) in [6, 6.07) is 10.7. The van der Waals surface area contributed by atoms with Crippen LogP contribution in [-0.2, 0) is 11.2 Å². The van der Waals surface area contributed by atoms with E-state index in [9.17, 15) is 9.18 Å². The van der Waals surface area contributed by atoms with Crippen LogP contribution in [0.2, 0.25) is 0 Å². The summed E-state index contributed by atoms with van der Waals surface area (Å²) in [4.78, 5) is 25.2. The molecule has 0 unspecified atom stereocenters. The number of anilines is 2. The van der Waals surface area contributed by atoms with Gasteiger partial charge in [0.1, 0.15) is 18.0 Å². The van der Waals surface area contributed by atoms with E-state index in [4.69, 9.17) is 6.42 Å². The number of nitrogens with zero attached hydrogens (tertiary/aromatic N) is 4. The highest BCUT2D eigenvalue weighted by molar-refractivity contribution is 5.92. The van der Waals surface area contributed by atoms with Gasteiger partial charge < -0.3 is 15.1 Å². The topological polar surface area (TPSA) is 61.4 Å². The van der Waals surface area contributed by atoms with Crippen molar-refractivity contribution in [3.8, 4) is 12.3 Å². The van der Waals surface area contributed by atoms with Crippen molar-refractivity contribution in [2.45, 2.75) is 18.9 Å². The Labute approximate surface area is 181 Å². The number of likely N-dealkylation sites (N-methyl/N-ethyl adjacent to an activating group) is 1. The highest BCUT2D eigenvalue weighted by Crippen LogP contribution is 2.27. The molecule has 1 aliphatic rings. The molecule has 1 amide bonds. The van der Waals surface area contributed by atoms with Crippen molar-refractivity contribution in [1.82, 2.24) is 19.8 Å². The molecule has 1 N–H and O–H groups in total. The summed E-state index contributed by atoms with van der Waals surface area (Å²) in [7, 11) is 4.02. The van der Waals surface area contributed by atoms with E-state index in [1.165, 1.54) is 12.4 Å². The number of aromatic nitrogens is 2. The number of nitrogens with one attached hydrogen (secondary N) is 1. The van der Waals surface area contributed by atoms with E-state index < -0.39 is 5.82 Å². The molecule has 1 saturated heterocycles. The number of likely N-dealkylation sites (tertiary alicyclic amines) is 1. The van der Waals surface area contributed by atoms with Gasteiger partial charge in [-0.05, 0) is 50.3 Å². The summed E-state index contributed by atoms with van der Waals surface area (Å²) in [5, 5.41) is 3.87. The number of carbonyl (C=O) groups excluding carboxylic acids is 1. The zero-order chi connectivity index (χ0) is 22.0. The third-order valence-electron chi connectivity index (χ3n) is 5.68. The van der Waals surface area contributed by atoms with Crippen molar-refractivity contribution in [3.63, 3.8) is 0 Å². The first kappa shape index (κ1) is 20.8. The highest BCUT2D eigenvalue weighted by Gasteiger charge is 2.28. The molecule has 1 fully saturated rings. The van der Waals surface area contributed by atoms with Gasteiger partial charge in [-0.1, -0.05) is 12.0 Å². The molecule has 6 nitrogen and oxygen atoms in total. The summed E-state index contributed by atoms with van der Waals surface area (Å²) < 4.78 is 14.7. The Kier molecular flexibility index (Phi) is 5.83. The van der Waals surface area contributed by atoms with Gasteiger partial charge in [0, 0.05) is 41.8 Å². The van der Waals surface area contributed by atoms with E-state index >= 15 is 0 Å². The van der Waals surface area contributed by atoms with E-state index in [0.717, 1.165) is 17.7 Å². The standard InChI is InChI=1S/C24H24FN5O/c1-4-16-6-5-7-18(10-16)28-24-20-11-17(21(25)13-22(20)26-15-27-24)12-23(31)30-9-8-19(14-30)29(2)3/h1,5-7,10-11,13,15,19H,8-9,12,14H2,2-3H3,(H,26,27,28)/t19-/m1/s1. The maximum atomic E-state index is 14.7.